The molecule has 6 atom stereocenters. The van der Waals surface area contributed by atoms with E-state index in [1.54, 1.807) is 0 Å². The van der Waals surface area contributed by atoms with E-state index in [9.17, 15) is 43.2 Å². The third kappa shape index (κ3) is 51.9. The van der Waals surface area contributed by atoms with Gasteiger partial charge in [-0.3, -0.25) is 37.3 Å². The second-order valence-electron chi connectivity index (χ2n) is 21.3. The molecule has 17 nitrogen and oxygen atoms in total. The van der Waals surface area contributed by atoms with E-state index in [2.05, 4.69) is 34.6 Å². The number of phosphoric ester groups is 2. The number of carbonyl (C=O) groups excluding carboxylic acids is 4. The summed E-state index contributed by atoms with van der Waals surface area (Å²) in [6.45, 7) is 6.97. The maximum absolute atomic E-state index is 12.9. The Labute approximate surface area is 467 Å². The molecule has 0 aliphatic rings. The smallest absolute Gasteiger partial charge is 0.462 e. The molecule has 3 unspecified atom stereocenters. The van der Waals surface area contributed by atoms with E-state index in [0.717, 1.165) is 102 Å². The summed E-state index contributed by atoms with van der Waals surface area (Å²) in [5, 5.41) is 10.5. The fourth-order valence-electron chi connectivity index (χ4n) is 8.49. The molecule has 0 bridgehead atoms. The van der Waals surface area contributed by atoms with Crippen molar-refractivity contribution in [3.8, 4) is 0 Å². The molecular weight excluding hydrogens is 1030 g/mol. The number of phosphoric acid groups is 2. The van der Waals surface area contributed by atoms with Gasteiger partial charge in [-0.05, 0) is 31.6 Å². The third-order valence-electron chi connectivity index (χ3n) is 13.6. The van der Waals surface area contributed by atoms with Crippen LogP contribution in [-0.2, 0) is 65.4 Å². The number of hydrogen-bond donors (Lipinski definition) is 3. The van der Waals surface area contributed by atoms with Gasteiger partial charge in [0.15, 0.2) is 12.2 Å². The Hall–Kier alpha value is -1.94. The van der Waals surface area contributed by atoms with Crippen LogP contribution in [0.15, 0.2) is 0 Å². The molecular formula is C58H112O17P2. The van der Waals surface area contributed by atoms with Crippen molar-refractivity contribution in [1.82, 2.24) is 0 Å². The molecule has 0 amide bonds. The predicted molar refractivity (Wildman–Crippen MR) is 303 cm³/mol. The van der Waals surface area contributed by atoms with Crippen molar-refractivity contribution in [3.63, 3.8) is 0 Å². The maximum atomic E-state index is 12.9. The van der Waals surface area contributed by atoms with Crippen LogP contribution < -0.4 is 0 Å². The van der Waals surface area contributed by atoms with Gasteiger partial charge >= 0.3 is 39.5 Å². The molecule has 0 saturated heterocycles. The predicted octanol–water partition coefficient (Wildman–Crippen LogP) is 15.5. The summed E-state index contributed by atoms with van der Waals surface area (Å²) in [6, 6.07) is 0. The van der Waals surface area contributed by atoms with Crippen LogP contribution in [0.2, 0.25) is 0 Å². The van der Waals surface area contributed by atoms with Crippen LogP contribution >= 0.6 is 15.6 Å². The van der Waals surface area contributed by atoms with Gasteiger partial charge in [0.25, 0.3) is 0 Å². The van der Waals surface area contributed by atoms with E-state index in [-0.39, 0.29) is 25.7 Å². The number of hydrogen-bond acceptors (Lipinski definition) is 15. The molecule has 3 N–H and O–H groups in total. The maximum Gasteiger partial charge on any atom is 0.472 e. The lowest BCUT2D eigenvalue weighted by Crippen LogP contribution is -2.30. The quantitative estimate of drug-likeness (QED) is 0.0222. The molecule has 19 heteroatoms. The highest BCUT2D eigenvalue weighted by molar-refractivity contribution is 7.47. The minimum atomic E-state index is -4.94. The van der Waals surface area contributed by atoms with Crippen LogP contribution in [0.4, 0.5) is 0 Å². The van der Waals surface area contributed by atoms with E-state index in [1.807, 2.05) is 0 Å². The average molecular weight is 1140 g/mol. The number of esters is 4. The number of aliphatic hydroxyl groups is 1. The lowest BCUT2D eigenvalue weighted by molar-refractivity contribution is -0.161. The summed E-state index contributed by atoms with van der Waals surface area (Å²) in [5.74, 6) is -1.39. The molecule has 0 spiro atoms. The molecule has 0 aromatic heterocycles. The van der Waals surface area contributed by atoms with E-state index < -0.39 is 97.5 Å². The van der Waals surface area contributed by atoms with Crippen molar-refractivity contribution in [3.05, 3.63) is 0 Å². The Morgan fingerprint density at radius 1 is 0.364 bits per heavy atom. The fraction of sp³-hybridized carbons (Fsp3) is 0.931. The zero-order valence-electron chi connectivity index (χ0n) is 49.1. The molecule has 0 rings (SSSR count). The summed E-state index contributed by atoms with van der Waals surface area (Å²) in [6.07, 6.45) is 34.2. The lowest BCUT2D eigenvalue weighted by Gasteiger charge is -2.21. The van der Waals surface area contributed by atoms with Crippen molar-refractivity contribution in [2.24, 2.45) is 5.92 Å². The Morgan fingerprint density at radius 3 is 0.922 bits per heavy atom. The Bertz CT molecular complexity index is 1520. The summed E-state index contributed by atoms with van der Waals surface area (Å²) in [4.78, 5) is 71.4. The minimum absolute atomic E-state index is 0.0987. The van der Waals surface area contributed by atoms with Crippen molar-refractivity contribution < 1.29 is 80.2 Å². The van der Waals surface area contributed by atoms with Gasteiger partial charge in [-0.25, -0.2) is 9.13 Å². The van der Waals surface area contributed by atoms with Crippen LogP contribution in [0.25, 0.3) is 0 Å². The molecule has 0 aromatic carbocycles. The number of aliphatic hydroxyl groups excluding tert-OH is 1. The minimum Gasteiger partial charge on any atom is -0.462 e. The van der Waals surface area contributed by atoms with Crippen molar-refractivity contribution in [2.45, 2.75) is 303 Å². The van der Waals surface area contributed by atoms with E-state index >= 15 is 0 Å². The van der Waals surface area contributed by atoms with Crippen LogP contribution in [0.3, 0.4) is 0 Å². The highest BCUT2D eigenvalue weighted by Crippen LogP contribution is 2.45. The molecule has 77 heavy (non-hydrogen) atoms. The summed E-state index contributed by atoms with van der Waals surface area (Å²) in [7, 11) is -9.86. The molecule has 0 aliphatic heterocycles. The zero-order valence-corrected chi connectivity index (χ0v) is 50.9. The molecule has 0 saturated carbocycles. The average Bonchev–Trinajstić information content (AvgIpc) is 3.40. The van der Waals surface area contributed by atoms with Crippen LogP contribution in [0.5, 0.6) is 0 Å². The molecule has 0 aliphatic carbocycles. The van der Waals surface area contributed by atoms with E-state index in [1.165, 1.54) is 103 Å². The first-order chi connectivity index (χ1) is 37.1. The van der Waals surface area contributed by atoms with Gasteiger partial charge in [0.05, 0.1) is 26.4 Å². The first-order valence-electron chi connectivity index (χ1n) is 30.7. The van der Waals surface area contributed by atoms with Gasteiger partial charge in [-0.1, -0.05) is 234 Å². The van der Waals surface area contributed by atoms with Gasteiger partial charge in [0, 0.05) is 25.7 Å². The largest absolute Gasteiger partial charge is 0.472 e. The highest BCUT2D eigenvalue weighted by Gasteiger charge is 2.30. The zero-order chi connectivity index (χ0) is 57.1. The van der Waals surface area contributed by atoms with Gasteiger partial charge in [0.1, 0.15) is 19.3 Å². The molecule has 456 valence electrons. The van der Waals surface area contributed by atoms with Crippen molar-refractivity contribution in [2.75, 3.05) is 39.6 Å². The summed E-state index contributed by atoms with van der Waals surface area (Å²) >= 11 is 0. The Kier molecular flexibility index (Phi) is 50.8. The third-order valence-corrected chi connectivity index (χ3v) is 15.5. The van der Waals surface area contributed by atoms with Gasteiger partial charge in [0.2, 0.25) is 0 Å². The Morgan fingerprint density at radius 2 is 0.623 bits per heavy atom. The van der Waals surface area contributed by atoms with E-state index in [4.69, 9.17) is 37.0 Å². The number of ether oxygens (including phenoxy) is 4. The van der Waals surface area contributed by atoms with Crippen LogP contribution in [-0.4, -0.2) is 96.7 Å². The summed E-state index contributed by atoms with van der Waals surface area (Å²) < 4.78 is 67.3. The van der Waals surface area contributed by atoms with Gasteiger partial charge in [-0.15, -0.1) is 0 Å². The fourth-order valence-corrected chi connectivity index (χ4v) is 10.1. The monoisotopic (exact) mass is 1140 g/mol. The molecule has 0 aromatic rings. The SMILES string of the molecule is CCCCCCCCCCCCCCCCCC(=O)O[C@H](COC(=O)CCCCCCCCCCC(C)CC)COP(=O)(O)OC[C@@H](O)COP(=O)(O)OC[C@@H](COC(=O)CCCCCCC)OC(=O)CCCCCCC. The topological polar surface area (TPSA) is 237 Å². The number of unbranched alkanes of at least 4 members (excludes halogenated alkanes) is 29. The van der Waals surface area contributed by atoms with Crippen LogP contribution in [0.1, 0.15) is 285 Å². The number of rotatable bonds is 58. The normalized spacial score (nSPS) is 14.8. The standard InChI is InChI=1S/C58H112O17P2/c1-6-10-13-16-17-18-19-20-21-22-23-24-29-34-39-44-58(63)75-54(48-69-56(61)42-37-33-28-26-25-27-32-35-40-51(5)9-4)50-73-77(66,67)71-46-52(59)45-70-76(64,65)72-49-53(74-57(62)43-38-31-15-12-8-3)47-68-55(60)41-36-30-14-11-7-2/h51-54,59H,6-50H2,1-5H3,(H,64,65)(H,66,67)/t51?,52-,53+,54+/m0/s1. The molecule has 0 fully saturated rings. The number of carbonyl (C=O) groups is 4. The first kappa shape index (κ1) is 75.1. The van der Waals surface area contributed by atoms with Gasteiger partial charge < -0.3 is 33.8 Å². The van der Waals surface area contributed by atoms with Crippen molar-refractivity contribution in [1.29, 1.82) is 0 Å². The Balaban J connectivity index is 5.13. The summed E-state index contributed by atoms with van der Waals surface area (Å²) in [5.41, 5.74) is 0. The van der Waals surface area contributed by atoms with E-state index in [0.29, 0.717) is 25.7 Å². The van der Waals surface area contributed by atoms with Crippen molar-refractivity contribution >= 4 is 39.5 Å². The lowest BCUT2D eigenvalue weighted by atomic mass is 9.99. The molecule has 0 heterocycles. The first-order valence-corrected chi connectivity index (χ1v) is 33.7. The van der Waals surface area contributed by atoms with Crippen LogP contribution in [0, 0.1) is 5.92 Å². The van der Waals surface area contributed by atoms with Gasteiger partial charge in [-0.2, -0.15) is 0 Å². The second-order valence-corrected chi connectivity index (χ2v) is 24.2. The second kappa shape index (κ2) is 52.2. The highest BCUT2D eigenvalue weighted by atomic mass is 31.2. The molecule has 0 radical (unpaired) electrons.